The number of aromatic amines is 1. The van der Waals surface area contributed by atoms with Gasteiger partial charge >= 0.3 is 0 Å². The van der Waals surface area contributed by atoms with Crippen LogP contribution in [0.2, 0.25) is 0 Å². The molecule has 0 radical (unpaired) electrons. The first-order chi connectivity index (χ1) is 8.74. The van der Waals surface area contributed by atoms with Crippen molar-refractivity contribution in [1.82, 2.24) is 19.9 Å². The standard InChI is InChI=1S/C12H14N4OS/c1-16(7-10-13-5-6-14-10)12(17)11-15-8-3-2-4-9(8)18-11/h5-6H,2-4,7H2,1H3,(H,13,14). The fourth-order valence-corrected chi connectivity index (χ4v) is 3.27. The van der Waals surface area contributed by atoms with Crippen molar-refractivity contribution < 1.29 is 4.79 Å². The van der Waals surface area contributed by atoms with Crippen LogP contribution in [-0.2, 0) is 19.4 Å². The van der Waals surface area contributed by atoms with E-state index in [1.165, 1.54) is 22.6 Å². The number of aromatic nitrogens is 3. The number of hydrogen-bond acceptors (Lipinski definition) is 4. The maximum absolute atomic E-state index is 12.2. The van der Waals surface area contributed by atoms with Crippen LogP contribution in [0.1, 0.15) is 32.6 Å². The van der Waals surface area contributed by atoms with E-state index >= 15 is 0 Å². The van der Waals surface area contributed by atoms with Gasteiger partial charge in [-0.2, -0.15) is 0 Å². The molecule has 0 spiro atoms. The van der Waals surface area contributed by atoms with E-state index in [2.05, 4.69) is 15.0 Å². The third-order valence-electron chi connectivity index (χ3n) is 3.07. The highest BCUT2D eigenvalue weighted by atomic mass is 32.1. The molecule has 2 aromatic rings. The smallest absolute Gasteiger partial charge is 0.282 e. The van der Waals surface area contributed by atoms with Crippen LogP contribution >= 0.6 is 11.3 Å². The van der Waals surface area contributed by atoms with Crippen LogP contribution in [0.3, 0.4) is 0 Å². The second-order valence-corrected chi connectivity index (χ2v) is 5.52. The Hall–Kier alpha value is -1.69. The van der Waals surface area contributed by atoms with Crippen molar-refractivity contribution in [1.29, 1.82) is 0 Å². The number of fused-ring (bicyclic) bond motifs is 1. The Bertz CT molecular complexity index is 539. The third-order valence-corrected chi connectivity index (χ3v) is 4.21. The molecule has 1 amide bonds. The molecule has 1 aliphatic carbocycles. The van der Waals surface area contributed by atoms with Crippen LogP contribution in [0.5, 0.6) is 0 Å². The summed E-state index contributed by atoms with van der Waals surface area (Å²) in [6.07, 6.45) is 6.70. The second-order valence-electron chi connectivity index (χ2n) is 4.44. The van der Waals surface area contributed by atoms with Gasteiger partial charge in [-0.25, -0.2) is 9.97 Å². The maximum Gasteiger partial charge on any atom is 0.282 e. The van der Waals surface area contributed by atoms with E-state index < -0.39 is 0 Å². The summed E-state index contributed by atoms with van der Waals surface area (Å²) in [4.78, 5) is 26.7. The van der Waals surface area contributed by atoms with Gasteiger partial charge in [0.05, 0.1) is 12.2 Å². The van der Waals surface area contributed by atoms with E-state index in [9.17, 15) is 4.79 Å². The highest BCUT2D eigenvalue weighted by Gasteiger charge is 2.22. The number of aryl methyl sites for hydroxylation is 2. The number of hydrogen-bond donors (Lipinski definition) is 1. The molecule has 0 saturated carbocycles. The Balaban J connectivity index is 1.73. The largest absolute Gasteiger partial charge is 0.347 e. The first-order valence-corrected chi connectivity index (χ1v) is 6.78. The van der Waals surface area contributed by atoms with E-state index in [1.807, 2.05) is 0 Å². The summed E-state index contributed by atoms with van der Waals surface area (Å²) in [6.45, 7) is 0.482. The van der Waals surface area contributed by atoms with Crippen molar-refractivity contribution >= 4 is 17.2 Å². The Morgan fingerprint density at radius 3 is 3.17 bits per heavy atom. The van der Waals surface area contributed by atoms with Gasteiger partial charge < -0.3 is 9.88 Å². The van der Waals surface area contributed by atoms with Gasteiger partial charge in [-0.05, 0) is 19.3 Å². The van der Waals surface area contributed by atoms with Crippen LogP contribution in [0, 0.1) is 0 Å². The zero-order valence-corrected chi connectivity index (χ0v) is 11.0. The summed E-state index contributed by atoms with van der Waals surface area (Å²) in [5.74, 6) is 0.765. The summed E-state index contributed by atoms with van der Waals surface area (Å²) in [6, 6.07) is 0. The van der Waals surface area contributed by atoms with Gasteiger partial charge in [0.25, 0.3) is 5.91 Å². The fraction of sp³-hybridized carbons (Fsp3) is 0.417. The average molecular weight is 262 g/mol. The van der Waals surface area contributed by atoms with E-state index in [4.69, 9.17) is 0 Å². The summed E-state index contributed by atoms with van der Waals surface area (Å²) in [5, 5.41) is 0.605. The average Bonchev–Trinajstić information content (AvgIpc) is 3.02. The molecule has 5 nitrogen and oxygen atoms in total. The number of nitrogens with zero attached hydrogens (tertiary/aromatic N) is 3. The van der Waals surface area contributed by atoms with Crippen molar-refractivity contribution in [3.05, 3.63) is 33.8 Å². The molecule has 0 saturated heterocycles. The Morgan fingerprint density at radius 2 is 2.44 bits per heavy atom. The van der Waals surface area contributed by atoms with Crippen LogP contribution in [0.4, 0.5) is 0 Å². The minimum absolute atomic E-state index is 0.0224. The molecule has 1 aliphatic rings. The van der Waals surface area contributed by atoms with Gasteiger partial charge in [0, 0.05) is 24.3 Å². The number of thiazole rings is 1. The first kappa shape index (κ1) is 11.4. The number of carbonyl (C=O) groups is 1. The molecule has 0 fully saturated rings. The zero-order chi connectivity index (χ0) is 12.5. The van der Waals surface area contributed by atoms with Crippen molar-refractivity contribution in [2.45, 2.75) is 25.8 Å². The topological polar surface area (TPSA) is 61.9 Å². The summed E-state index contributed by atoms with van der Waals surface area (Å²) in [7, 11) is 1.78. The normalized spacial score (nSPS) is 13.6. The van der Waals surface area contributed by atoms with Crippen LogP contribution < -0.4 is 0 Å². The second kappa shape index (κ2) is 4.53. The number of carbonyl (C=O) groups excluding carboxylic acids is 1. The molecule has 0 bridgehead atoms. The molecule has 0 atom stereocenters. The lowest BCUT2D eigenvalue weighted by molar-refractivity contribution is 0.0781. The zero-order valence-electron chi connectivity index (χ0n) is 10.1. The molecule has 2 aromatic heterocycles. The number of rotatable bonds is 3. The lowest BCUT2D eigenvalue weighted by Gasteiger charge is -2.13. The minimum Gasteiger partial charge on any atom is -0.347 e. The molecule has 3 rings (SSSR count). The summed E-state index contributed by atoms with van der Waals surface area (Å²) in [5.41, 5.74) is 1.12. The van der Waals surface area contributed by atoms with Gasteiger partial charge in [0.1, 0.15) is 5.82 Å². The van der Waals surface area contributed by atoms with Gasteiger partial charge in [-0.15, -0.1) is 11.3 Å². The molecule has 18 heavy (non-hydrogen) atoms. The van der Waals surface area contributed by atoms with Crippen molar-refractivity contribution in [2.75, 3.05) is 7.05 Å². The number of H-pyrrole nitrogens is 1. The SMILES string of the molecule is CN(Cc1ncc[nH]1)C(=O)c1nc2c(s1)CCC2. The lowest BCUT2D eigenvalue weighted by atomic mass is 10.4. The van der Waals surface area contributed by atoms with Crippen LogP contribution in [0.15, 0.2) is 12.4 Å². The lowest BCUT2D eigenvalue weighted by Crippen LogP contribution is -2.26. The highest BCUT2D eigenvalue weighted by Crippen LogP contribution is 2.28. The number of nitrogens with one attached hydrogen (secondary N) is 1. The molecule has 1 N–H and O–H groups in total. The van der Waals surface area contributed by atoms with Crippen molar-refractivity contribution in [3.8, 4) is 0 Å². The van der Waals surface area contributed by atoms with Crippen molar-refractivity contribution in [3.63, 3.8) is 0 Å². The van der Waals surface area contributed by atoms with E-state index in [1.54, 1.807) is 24.3 Å². The highest BCUT2D eigenvalue weighted by molar-refractivity contribution is 7.13. The molecule has 2 heterocycles. The van der Waals surface area contributed by atoms with E-state index in [0.29, 0.717) is 11.6 Å². The number of amides is 1. The predicted octanol–water partition coefficient (Wildman–Crippen LogP) is 1.63. The van der Waals surface area contributed by atoms with E-state index in [-0.39, 0.29) is 5.91 Å². The fourth-order valence-electron chi connectivity index (χ4n) is 2.13. The minimum atomic E-state index is -0.0224. The van der Waals surface area contributed by atoms with Crippen molar-refractivity contribution in [2.24, 2.45) is 0 Å². The van der Waals surface area contributed by atoms with Gasteiger partial charge in [-0.3, -0.25) is 4.79 Å². The van der Waals surface area contributed by atoms with Gasteiger partial charge in [0.2, 0.25) is 0 Å². The maximum atomic E-state index is 12.2. The summed E-state index contributed by atoms with van der Waals surface area (Å²) >= 11 is 1.54. The predicted molar refractivity (Wildman–Crippen MR) is 68.5 cm³/mol. The Labute approximate surface area is 109 Å². The molecule has 0 unspecified atom stereocenters. The van der Waals surface area contributed by atoms with Crippen LogP contribution in [-0.4, -0.2) is 32.8 Å². The molecule has 6 heteroatoms. The van der Waals surface area contributed by atoms with Gasteiger partial charge in [0.15, 0.2) is 5.01 Å². The first-order valence-electron chi connectivity index (χ1n) is 5.96. The quantitative estimate of drug-likeness (QED) is 0.914. The molecular weight excluding hydrogens is 248 g/mol. The monoisotopic (exact) mass is 262 g/mol. The number of imidazole rings is 1. The Kier molecular flexibility index (Phi) is 2.87. The van der Waals surface area contributed by atoms with Gasteiger partial charge in [-0.1, -0.05) is 0 Å². The molecular formula is C12H14N4OS. The van der Waals surface area contributed by atoms with Crippen LogP contribution in [0.25, 0.3) is 0 Å². The molecule has 0 aliphatic heterocycles. The summed E-state index contributed by atoms with van der Waals surface area (Å²) < 4.78 is 0. The molecule has 94 valence electrons. The van der Waals surface area contributed by atoms with E-state index in [0.717, 1.165) is 24.4 Å². The third kappa shape index (κ3) is 2.03. The Morgan fingerprint density at radius 1 is 1.56 bits per heavy atom. The molecule has 0 aromatic carbocycles.